The molecule has 3 rings (SSSR count). The zero-order chi connectivity index (χ0) is 13.8. The number of thioether (sulfide) groups is 1. The van der Waals surface area contributed by atoms with Crippen molar-refractivity contribution in [2.24, 2.45) is 0 Å². The number of rotatable bonds is 3. The maximum Gasteiger partial charge on any atom is 0.148 e. The molecular weight excluding hydrogens is 270 g/mol. The van der Waals surface area contributed by atoms with Gasteiger partial charge in [0.25, 0.3) is 0 Å². The van der Waals surface area contributed by atoms with Crippen LogP contribution >= 0.6 is 11.8 Å². The first-order chi connectivity index (χ1) is 9.80. The normalized spacial score (nSPS) is 25.6. The number of hydrogen-bond acceptors (Lipinski definition) is 5. The molecule has 0 aromatic carbocycles. The van der Waals surface area contributed by atoms with E-state index in [1.807, 2.05) is 18.4 Å². The van der Waals surface area contributed by atoms with Crippen LogP contribution in [0.1, 0.15) is 44.9 Å². The van der Waals surface area contributed by atoms with Crippen LogP contribution in [0.2, 0.25) is 0 Å². The Bertz CT molecular complexity index is 426. The molecule has 1 aromatic rings. The Hall–Kier alpha value is -0.810. The minimum atomic E-state index is 0.140. The number of nitrogens with zero attached hydrogens (tertiary/aromatic N) is 2. The van der Waals surface area contributed by atoms with Gasteiger partial charge in [-0.3, -0.25) is 0 Å². The Labute approximate surface area is 125 Å². The van der Waals surface area contributed by atoms with Crippen molar-refractivity contribution in [1.82, 2.24) is 10.2 Å². The molecule has 2 heterocycles. The van der Waals surface area contributed by atoms with E-state index < -0.39 is 0 Å². The van der Waals surface area contributed by atoms with Gasteiger partial charge in [-0.25, -0.2) is 0 Å². The molecule has 1 saturated carbocycles. The molecule has 1 unspecified atom stereocenters. The molecule has 1 spiro atoms. The lowest BCUT2D eigenvalue weighted by molar-refractivity contribution is -0.103. The summed E-state index contributed by atoms with van der Waals surface area (Å²) >= 11 is 1.62. The van der Waals surface area contributed by atoms with Crippen LogP contribution in [0.3, 0.4) is 0 Å². The third kappa shape index (κ3) is 3.26. The van der Waals surface area contributed by atoms with Gasteiger partial charge in [0.2, 0.25) is 0 Å². The van der Waals surface area contributed by atoms with Gasteiger partial charge in [0.15, 0.2) is 0 Å². The molecule has 20 heavy (non-hydrogen) atoms. The van der Waals surface area contributed by atoms with Crippen molar-refractivity contribution in [1.29, 1.82) is 0 Å². The third-order valence-corrected chi connectivity index (χ3v) is 5.09. The summed E-state index contributed by atoms with van der Waals surface area (Å²) in [4.78, 5) is 0. The summed E-state index contributed by atoms with van der Waals surface area (Å²) < 4.78 is 6.13. The predicted molar refractivity (Wildman–Crippen MR) is 82.2 cm³/mol. The van der Waals surface area contributed by atoms with E-state index in [-0.39, 0.29) is 5.60 Å². The van der Waals surface area contributed by atoms with Crippen LogP contribution in [0.5, 0.6) is 0 Å². The minimum Gasteiger partial charge on any atom is -0.375 e. The topological polar surface area (TPSA) is 47.0 Å². The van der Waals surface area contributed by atoms with Gasteiger partial charge >= 0.3 is 0 Å². The molecule has 0 bridgehead atoms. The molecular formula is C15H23N3OS. The second kappa shape index (κ2) is 6.31. The molecule has 1 atom stereocenters. The molecule has 0 amide bonds. The first kappa shape index (κ1) is 14.1. The van der Waals surface area contributed by atoms with E-state index in [4.69, 9.17) is 4.74 Å². The maximum atomic E-state index is 6.13. The number of hydrogen-bond donors (Lipinski definition) is 1. The number of aromatic nitrogens is 2. The highest BCUT2D eigenvalue weighted by molar-refractivity contribution is 7.98. The second-order valence-electron chi connectivity index (χ2n) is 5.89. The average Bonchev–Trinajstić information content (AvgIpc) is 2.49. The highest BCUT2D eigenvalue weighted by Crippen LogP contribution is 2.39. The van der Waals surface area contributed by atoms with Crippen LogP contribution in [-0.4, -0.2) is 34.7 Å². The van der Waals surface area contributed by atoms with Gasteiger partial charge in [-0.15, -0.1) is 22.0 Å². The highest BCUT2D eigenvalue weighted by Gasteiger charge is 2.38. The zero-order valence-electron chi connectivity index (χ0n) is 12.1. The van der Waals surface area contributed by atoms with Gasteiger partial charge in [-0.1, -0.05) is 19.3 Å². The van der Waals surface area contributed by atoms with Crippen LogP contribution in [0.4, 0.5) is 5.82 Å². The van der Waals surface area contributed by atoms with Crippen molar-refractivity contribution in [3.8, 4) is 0 Å². The van der Waals surface area contributed by atoms with Crippen LogP contribution < -0.4 is 5.32 Å². The van der Waals surface area contributed by atoms with Gasteiger partial charge < -0.3 is 10.1 Å². The molecule has 4 nitrogen and oxygen atoms in total. The van der Waals surface area contributed by atoms with Crippen molar-refractivity contribution >= 4 is 17.6 Å². The molecule has 1 aliphatic heterocycles. The number of ether oxygens (including phenoxy) is 1. The molecule has 2 fully saturated rings. The van der Waals surface area contributed by atoms with Crippen molar-refractivity contribution < 1.29 is 4.74 Å². The molecule has 1 aliphatic carbocycles. The SMILES string of the molecule is CSc1ccc(NC2CCOC3(CCCCC3)C2)nn1. The second-order valence-corrected chi connectivity index (χ2v) is 6.71. The lowest BCUT2D eigenvalue weighted by atomic mass is 9.78. The van der Waals surface area contributed by atoms with Gasteiger partial charge in [-0.05, 0) is 44.1 Å². The summed E-state index contributed by atoms with van der Waals surface area (Å²) in [6, 6.07) is 4.52. The lowest BCUT2D eigenvalue weighted by Crippen LogP contribution is -2.45. The van der Waals surface area contributed by atoms with E-state index in [1.165, 1.54) is 32.1 Å². The molecule has 1 saturated heterocycles. The lowest BCUT2D eigenvalue weighted by Gasteiger charge is -2.43. The van der Waals surface area contributed by atoms with Crippen LogP contribution in [-0.2, 0) is 4.74 Å². The standard InChI is InChI=1S/C15H23N3OS/c1-20-14-6-5-13(17-18-14)16-12-7-10-19-15(11-12)8-3-2-4-9-15/h5-6,12H,2-4,7-11H2,1H3,(H,16,17). The summed E-state index contributed by atoms with van der Waals surface area (Å²) in [6.07, 6.45) is 10.6. The summed E-state index contributed by atoms with van der Waals surface area (Å²) in [7, 11) is 0. The van der Waals surface area contributed by atoms with E-state index in [0.29, 0.717) is 6.04 Å². The fourth-order valence-corrected chi connectivity index (χ4v) is 3.74. The van der Waals surface area contributed by atoms with Crippen molar-refractivity contribution in [3.05, 3.63) is 12.1 Å². The quantitative estimate of drug-likeness (QED) is 0.864. The number of anilines is 1. The average molecular weight is 293 g/mol. The Morgan fingerprint density at radius 2 is 2.10 bits per heavy atom. The van der Waals surface area contributed by atoms with Crippen LogP contribution in [0.25, 0.3) is 0 Å². The fraction of sp³-hybridized carbons (Fsp3) is 0.733. The van der Waals surface area contributed by atoms with Crippen molar-refractivity contribution in [2.45, 2.75) is 61.6 Å². The van der Waals surface area contributed by atoms with Crippen LogP contribution in [0.15, 0.2) is 17.2 Å². The Balaban J connectivity index is 1.61. The minimum absolute atomic E-state index is 0.140. The van der Waals surface area contributed by atoms with Crippen molar-refractivity contribution in [3.63, 3.8) is 0 Å². The van der Waals surface area contributed by atoms with E-state index >= 15 is 0 Å². The van der Waals surface area contributed by atoms with Gasteiger partial charge in [0.1, 0.15) is 10.8 Å². The molecule has 110 valence electrons. The Morgan fingerprint density at radius 1 is 1.25 bits per heavy atom. The smallest absolute Gasteiger partial charge is 0.148 e. The fourth-order valence-electron chi connectivity index (χ4n) is 3.41. The van der Waals surface area contributed by atoms with Crippen molar-refractivity contribution in [2.75, 3.05) is 18.2 Å². The monoisotopic (exact) mass is 293 g/mol. The first-order valence-corrected chi connectivity index (χ1v) is 8.80. The van der Waals surface area contributed by atoms with E-state index in [1.54, 1.807) is 11.8 Å². The third-order valence-electron chi connectivity index (χ3n) is 4.46. The first-order valence-electron chi connectivity index (χ1n) is 7.58. The molecule has 1 aromatic heterocycles. The summed E-state index contributed by atoms with van der Waals surface area (Å²) in [5.74, 6) is 0.889. The Morgan fingerprint density at radius 3 is 2.80 bits per heavy atom. The molecule has 5 heteroatoms. The van der Waals surface area contributed by atoms with Gasteiger partial charge in [0.05, 0.1) is 5.60 Å². The Kier molecular flexibility index (Phi) is 4.46. The predicted octanol–water partition coefficient (Wildman–Crippen LogP) is 3.49. The number of nitrogens with one attached hydrogen (secondary N) is 1. The maximum absolute atomic E-state index is 6.13. The zero-order valence-corrected chi connectivity index (χ0v) is 12.9. The summed E-state index contributed by atoms with van der Waals surface area (Å²) in [6.45, 7) is 0.869. The molecule has 0 radical (unpaired) electrons. The summed E-state index contributed by atoms with van der Waals surface area (Å²) in [5, 5.41) is 12.9. The molecule has 1 N–H and O–H groups in total. The summed E-state index contributed by atoms with van der Waals surface area (Å²) in [5.41, 5.74) is 0.140. The van der Waals surface area contributed by atoms with E-state index in [0.717, 1.165) is 30.3 Å². The van der Waals surface area contributed by atoms with E-state index in [2.05, 4.69) is 15.5 Å². The molecule has 2 aliphatic rings. The van der Waals surface area contributed by atoms with Crippen LogP contribution in [0, 0.1) is 0 Å². The van der Waals surface area contributed by atoms with Gasteiger partial charge in [-0.2, -0.15) is 0 Å². The van der Waals surface area contributed by atoms with E-state index in [9.17, 15) is 0 Å². The largest absolute Gasteiger partial charge is 0.375 e. The van der Waals surface area contributed by atoms with Gasteiger partial charge in [0, 0.05) is 12.6 Å². The highest BCUT2D eigenvalue weighted by atomic mass is 32.2.